The Kier molecular flexibility index (Phi) is 5.57. The highest BCUT2D eigenvalue weighted by atomic mass is 32.2. The molecule has 0 radical (unpaired) electrons. The highest BCUT2D eigenvalue weighted by molar-refractivity contribution is 7.90. The van der Waals surface area contributed by atoms with E-state index in [4.69, 9.17) is 0 Å². The summed E-state index contributed by atoms with van der Waals surface area (Å²) in [6.07, 6.45) is 3.66. The zero-order valence-electron chi connectivity index (χ0n) is 12.3. The molecule has 1 aromatic rings. The Morgan fingerprint density at radius 1 is 1.09 bits per heavy atom. The third-order valence-electron chi connectivity index (χ3n) is 2.88. The van der Waals surface area contributed by atoms with Gasteiger partial charge in [-0.25, -0.2) is 8.42 Å². The fourth-order valence-electron chi connectivity index (χ4n) is 1.96. The second-order valence-electron chi connectivity index (χ2n) is 4.58. The van der Waals surface area contributed by atoms with Gasteiger partial charge in [0.1, 0.15) is 0 Å². The molecule has 10 heteroatoms. The van der Waals surface area contributed by atoms with Gasteiger partial charge in [-0.05, 0) is 0 Å². The smallest absolute Gasteiger partial charge is 0.300 e. The van der Waals surface area contributed by atoms with Crippen LogP contribution in [0.3, 0.4) is 0 Å². The molecule has 0 atom stereocenters. The zero-order valence-corrected chi connectivity index (χ0v) is 13.2. The number of nitrogens with zero attached hydrogens (tertiary/aromatic N) is 3. The molecule has 0 fully saturated rings. The Bertz CT molecular complexity index is 727. The van der Waals surface area contributed by atoms with Gasteiger partial charge in [-0.15, -0.1) is 13.2 Å². The molecule has 1 rings (SSSR count). The van der Waals surface area contributed by atoms with Crippen LogP contribution in [0.2, 0.25) is 0 Å². The minimum Gasteiger partial charge on any atom is -0.353 e. The van der Waals surface area contributed by atoms with Gasteiger partial charge in [0, 0.05) is 31.5 Å². The van der Waals surface area contributed by atoms with Gasteiger partial charge >= 0.3 is 11.4 Å². The number of anilines is 1. The molecule has 0 aliphatic rings. The Morgan fingerprint density at radius 2 is 1.48 bits per heavy atom. The van der Waals surface area contributed by atoms with Crippen LogP contribution < -0.4 is 4.90 Å². The first-order valence-electron chi connectivity index (χ1n) is 6.27. The van der Waals surface area contributed by atoms with E-state index in [9.17, 15) is 28.6 Å². The number of hydrogen-bond acceptors (Lipinski definition) is 7. The standard InChI is InChI=1S/C13H15N3O6S/c1-4-6-14(7-5-2)13-11(15(17)18)8-10(23(3,21)22)9-12(13)16(19)20/h4-5,8-9H,1-2,6-7H2,3H3. The van der Waals surface area contributed by atoms with Gasteiger partial charge in [0.25, 0.3) is 0 Å². The molecule has 0 aliphatic heterocycles. The summed E-state index contributed by atoms with van der Waals surface area (Å²) < 4.78 is 23.2. The van der Waals surface area contributed by atoms with Crippen molar-refractivity contribution in [3.63, 3.8) is 0 Å². The summed E-state index contributed by atoms with van der Waals surface area (Å²) in [4.78, 5) is 21.7. The average molecular weight is 341 g/mol. The summed E-state index contributed by atoms with van der Waals surface area (Å²) in [5, 5.41) is 22.6. The number of rotatable bonds is 8. The summed E-state index contributed by atoms with van der Waals surface area (Å²) in [6.45, 7) is 7.18. The first-order valence-corrected chi connectivity index (χ1v) is 8.16. The van der Waals surface area contributed by atoms with Gasteiger partial charge in [-0.2, -0.15) is 0 Å². The monoisotopic (exact) mass is 341 g/mol. The Hall–Kier alpha value is -2.75. The van der Waals surface area contributed by atoms with Crippen molar-refractivity contribution in [2.45, 2.75) is 4.90 Å². The summed E-state index contributed by atoms with van der Waals surface area (Å²) in [7, 11) is -3.85. The van der Waals surface area contributed by atoms with Crippen molar-refractivity contribution in [1.29, 1.82) is 0 Å². The minimum atomic E-state index is -3.85. The number of sulfone groups is 1. The molecule has 0 aliphatic carbocycles. The van der Waals surface area contributed by atoms with Gasteiger partial charge in [0.05, 0.1) is 14.7 Å². The van der Waals surface area contributed by atoms with Crippen LogP contribution in [-0.4, -0.2) is 37.6 Å². The maximum atomic E-state index is 11.6. The van der Waals surface area contributed by atoms with Crippen LogP contribution in [0, 0.1) is 20.2 Å². The van der Waals surface area contributed by atoms with Crippen molar-refractivity contribution in [3.05, 3.63) is 57.7 Å². The van der Waals surface area contributed by atoms with E-state index < -0.39 is 36.0 Å². The van der Waals surface area contributed by atoms with E-state index in [-0.39, 0.29) is 18.8 Å². The molecular weight excluding hydrogens is 326 g/mol. The van der Waals surface area contributed by atoms with Gasteiger partial charge in [0.15, 0.2) is 15.5 Å². The Labute approximate surface area is 132 Å². The molecule has 0 amide bonds. The molecule has 0 bridgehead atoms. The first kappa shape index (κ1) is 18.3. The van der Waals surface area contributed by atoms with Crippen molar-refractivity contribution in [1.82, 2.24) is 0 Å². The van der Waals surface area contributed by atoms with Gasteiger partial charge in [-0.3, -0.25) is 20.2 Å². The maximum absolute atomic E-state index is 11.6. The van der Waals surface area contributed by atoms with E-state index in [1.165, 1.54) is 17.1 Å². The van der Waals surface area contributed by atoms with E-state index in [0.29, 0.717) is 0 Å². The molecule has 0 unspecified atom stereocenters. The summed E-state index contributed by atoms with van der Waals surface area (Å²) >= 11 is 0. The topological polar surface area (TPSA) is 124 Å². The van der Waals surface area contributed by atoms with Gasteiger partial charge in [-0.1, -0.05) is 12.2 Å². The maximum Gasteiger partial charge on any atom is 0.300 e. The summed E-state index contributed by atoms with van der Waals surface area (Å²) in [6, 6.07) is 1.63. The zero-order chi connectivity index (χ0) is 17.8. The number of hydrogen-bond donors (Lipinski definition) is 0. The average Bonchev–Trinajstić information content (AvgIpc) is 2.44. The van der Waals surface area contributed by atoms with Crippen LogP contribution in [0.1, 0.15) is 0 Å². The lowest BCUT2D eigenvalue weighted by atomic mass is 10.2. The lowest BCUT2D eigenvalue weighted by Crippen LogP contribution is -2.25. The molecule has 0 saturated carbocycles. The summed E-state index contributed by atoms with van der Waals surface area (Å²) in [5.74, 6) is 0. The molecule has 0 N–H and O–H groups in total. The van der Waals surface area contributed by atoms with E-state index in [1.807, 2.05) is 0 Å². The van der Waals surface area contributed by atoms with Crippen molar-refractivity contribution in [3.8, 4) is 0 Å². The highest BCUT2D eigenvalue weighted by Crippen LogP contribution is 2.39. The molecule has 9 nitrogen and oxygen atoms in total. The molecule has 1 aromatic carbocycles. The minimum absolute atomic E-state index is 0.0892. The van der Waals surface area contributed by atoms with E-state index in [2.05, 4.69) is 13.2 Å². The third-order valence-corrected chi connectivity index (χ3v) is 3.97. The van der Waals surface area contributed by atoms with E-state index in [1.54, 1.807) is 0 Å². The largest absolute Gasteiger partial charge is 0.353 e. The highest BCUT2D eigenvalue weighted by Gasteiger charge is 2.32. The second-order valence-corrected chi connectivity index (χ2v) is 6.59. The number of benzene rings is 1. The first-order chi connectivity index (χ1) is 10.6. The molecule has 0 spiro atoms. The molecule has 0 aromatic heterocycles. The molecule has 0 heterocycles. The normalized spacial score (nSPS) is 10.8. The van der Waals surface area contributed by atoms with Crippen LogP contribution >= 0.6 is 0 Å². The molecular formula is C13H15N3O6S. The lowest BCUT2D eigenvalue weighted by Gasteiger charge is -2.21. The van der Waals surface area contributed by atoms with Crippen molar-refractivity contribution in [2.24, 2.45) is 0 Å². The molecule has 23 heavy (non-hydrogen) atoms. The third kappa shape index (κ3) is 4.13. The van der Waals surface area contributed by atoms with Crippen LogP contribution in [0.25, 0.3) is 0 Å². The predicted octanol–water partition coefficient (Wildman–Crippen LogP) is 2.08. The number of nitro groups is 2. The van der Waals surface area contributed by atoms with Crippen molar-refractivity contribution >= 4 is 26.9 Å². The van der Waals surface area contributed by atoms with Crippen LogP contribution in [-0.2, 0) is 9.84 Å². The van der Waals surface area contributed by atoms with E-state index >= 15 is 0 Å². The SMILES string of the molecule is C=CCN(CC=C)c1c([N+](=O)[O-])cc(S(C)(=O)=O)cc1[N+](=O)[O-]. The predicted molar refractivity (Wildman–Crippen MR) is 85.5 cm³/mol. The second kappa shape index (κ2) is 7.01. The lowest BCUT2D eigenvalue weighted by molar-refractivity contribution is -0.393. The van der Waals surface area contributed by atoms with Crippen LogP contribution in [0.4, 0.5) is 17.1 Å². The summed E-state index contributed by atoms with van der Waals surface area (Å²) in [5.41, 5.74) is -1.61. The Morgan fingerprint density at radius 3 is 1.74 bits per heavy atom. The van der Waals surface area contributed by atoms with E-state index in [0.717, 1.165) is 18.4 Å². The number of nitro benzene ring substituents is 2. The fourth-order valence-corrected chi connectivity index (χ4v) is 2.62. The van der Waals surface area contributed by atoms with Gasteiger partial charge < -0.3 is 4.90 Å². The Balaban J connectivity index is 3.84. The molecule has 0 saturated heterocycles. The van der Waals surface area contributed by atoms with Crippen LogP contribution in [0.15, 0.2) is 42.3 Å². The van der Waals surface area contributed by atoms with Gasteiger partial charge in [0.2, 0.25) is 0 Å². The van der Waals surface area contributed by atoms with Crippen LogP contribution in [0.5, 0.6) is 0 Å². The van der Waals surface area contributed by atoms with Crippen molar-refractivity contribution < 1.29 is 18.3 Å². The fraction of sp³-hybridized carbons (Fsp3) is 0.231. The molecule has 124 valence electrons. The quantitative estimate of drug-likeness (QED) is 0.403. The van der Waals surface area contributed by atoms with Crippen molar-refractivity contribution in [2.75, 3.05) is 24.2 Å².